The fourth-order valence-electron chi connectivity index (χ4n) is 2.34. The minimum absolute atomic E-state index is 0.305. The van der Waals surface area contributed by atoms with E-state index in [-0.39, 0.29) is 0 Å². The Balaban J connectivity index is 2.31. The minimum Gasteiger partial charge on any atom is -0.387 e. The first-order valence-corrected chi connectivity index (χ1v) is 6.81. The summed E-state index contributed by atoms with van der Waals surface area (Å²) >= 11 is 3.43. The van der Waals surface area contributed by atoms with E-state index >= 15 is 0 Å². The summed E-state index contributed by atoms with van der Waals surface area (Å²) in [5.74, 6) is 0. The van der Waals surface area contributed by atoms with Gasteiger partial charge in [0.2, 0.25) is 0 Å². The van der Waals surface area contributed by atoms with Crippen LogP contribution in [0.15, 0.2) is 22.7 Å². The van der Waals surface area contributed by atoms with E-state index in [0.29, 0.717) is 19.6 Å². The molecule has 0 saturated carbocycles. The molecule has 4 heteroatoms. The third-order valence-electron chi connectivity index (χ3n) is 3.52. The molecule has 3 nitrogen and oxygen atoms in total. The maximum Gasteiger partial charge on any atom is 0.111 e. The van der Waals surface area contributed by atoms with E-state index in [1.54, 1.807) is 0 Å². The lowest BCUT2D eigenvalue weighted by Crippen LogP contribution is -2.36. The van der Waals surface area contributed by atoms with Crippen molar-refractivity contribution >= 4 is 15.9 Å². The molecule has 1 N–H and O–H groups in total. The number of rotatable bonds is 2. The van der Waals surface area contributed by atoms with E-state index in [1.807, 2.05) is 25.1 Å². The Hall–Kier alpha value is -0.890. The standard InChI is InChI=1S/C14H16BrNO2/c1-10-7-11(3-4-12(10)15)13(17)14(8-16)5-2-6-18-9-14/h3-4,7,13,17H,2,5-6,9H2,1H3. The number of ether oxygens (including phenoxy) is 1. The molecule has 0 radical (unpaired) electrons. The van der Waals surface area contributed by atoms with Crippen LogP contribution in [0.25, 0.3) is 0 Å². The quantitative estimate of drug-likeness (QED) is 0.913. The topological polar surface area (TPSA) is 53.2 Å². The Kier molecular flexibility index (Phi) is 4.06. The van der Waals surface area contributed by atoms with Crippen molar-refractivity contribution < 1.29 is 9.84 Å². The third-order valence-corrected chi connectivity index (χ3v) is 4.40. The molecule has 2 unspecified atom stereocenters. The van der Waals surface area contributed by atoms with Crippen LogP contribution in [-0.4, -0.2) is 18.3 Å². The fraction of sp³-hybridized carbons (Fsp3) is 0.500. The van der Waals surface area contributed by atoms with Gasteiger partial charge in [0.25, 0.3) is 0 Å². The highest BCUT2D eigenvalue weighted by Gasteiger charge is 2.41. The van der Waals surface area contributed by atoms with Gasteiger partial charge in [-0.05, 0) is 37.0 Å². The van der Waals surface area contributed by atoms with Gasteiger partial charge in [-0.1, -0.05) is 28.1 Å². The summed E-state index contributed by atoms with van der Waals surface area (Å²) in [6.07, 6.45) is 0.703. The Morgan fingerprint density at radius 1 is 1.56 bits per heavy atom. The van der Waals surface area contributed by atoms with Gasteiger partial charge in [-0.3, -0.25) is 0 Å². The van der Waals surface area contributed by atoms with Gasteiger partial charge < -0.3 is 9.84 Å². The second-order valence-electron chi connectivity index (χ2n) is 4.84. The van der Waals surface area contributed by atoms with Crippen LogP contribution >= 0.6 is 15.9 Å². The number of aryl methyl sites for hydroxylation is 1. The van der Waals surface area contributed by atoms with Crippen molar-refractivity contribution in [2.24, 2.45) is 5.41 Å². The lowest BCUT2D eigenvalue weighted by atomic mass is 9.76. The second-order valence-corrected chi connectivity index (χ2v) is 5.69. The van der Waals surface area contributed by atoms with E-state index in [9.17, 15) is 10.4 Å². The average Bonchev–Trinajstić information content (AvgIpc) is 2.42. The molecule has 1 fully saturated rings. The Bertz CT molecular complexity index is 475. The molecule has 1 heterocycles. The molecule has 2 atom stereocenters. The van der Waals surface area contributed by atoms with E-state index in [1.165, 1.54) is 0 Å². The van der Waals surface area contributed by atoms with E-state index < -0.39 is 11.5 Å². The highest BCUT2D eigenvalue weighted by molar-refractivity contribution is 9.10. The molecule has 1 aliphatic rings. The highest BCUT2D eigenvalue weighted by Crippen LogP contribution is 2.40. The summed E-state index contributed by atoms with van der Waals surface area (Å²) in [5, 5.41) is 19.9. The monoisotopic (exact) mass is 309 g/mol. The second kappa shape index (κ2) is 5.40. The zero-order chi connectivity index (χ0) is 13.2. The molecule has 0 amide bonds. The molecular formula is C14H16BrNO2. The molecule has 0 aliphatic carbocycles. The zero-order valence-corrected chi connectivity index (χ0v) is 11.9. The highest BCUT2D eigenvalue weighted by atomic mass is 79.9. The molecule has 0 spiro atoms. The molecule has 1 aromatic carbocycles. The molecule has 96 valence electrons. The van der Waals surface area contributed by atoms with E-state index in [2.05, 4.69) is 22.0 Å². The number of aliphatic hydroxyl groups excluding tert-OH is 1. The summed E-state index contributed by atoms with van der Waals surface area (Å²) in [5.41, 5.74) is 1.03. The molecule has 1 aromatic rings. The summed E-state index contributed by atoms with van der Waals surface area (Å²) in [6, 6.07) is 7.94. The maximum absolute atomic E-state index is 10.5. The first kappa shape index (κ1) is 13.5. The van der Waals surface area contributed by atoms with Crippen LogP contribution in [0.5, 0.6) is 0 Å². The van der Waals surface area contributed by atoms with Gasteiger partial charge >= 0.3 is 0 Å². The summed E-state index contributed by atoms with van der Waals surface area (Å²) < 4.78 is 6.39. The first-order valence-electron chi connectivity index (χ1n) is 6.02. The van der Waals surface area contributed by atoms with Gasteiger partial charge in [0.05, 0.1) is 18.8 Å². The van der Waals surface area contributed by atoms with E-state index in [4.69, 9.17) is 4.74 Å². The summed E-state index contributed by atoms with van der Waals surface area (Å²) in [7, 11) is 0. The molecular weight excluding hydrogens is 294 g/mol. The van der Waals surface area contributed by atoms with Crippen molar-refractivity contribution in [1.29, 1.82) is 5.26 Å². The maximum atomic E-state index is 10.5. The number of nitriles is 1. The van der Waals surface area contributed by atoms with Crippen LogP contribution in [0, 0.1) is 23.7 Å². The normalized spacial score (nSPS) is 25.4. The molecule has 2 rings (SSSR count). The van der Waals surface area contributed by atoms with Gasteiger partial charge in [-0.2, -0.15) is 5.26 Å². The predicted octanol–water partition coefficient (Wildman–Crippen LogP) is 3.11. The van der Waals surface area contributed by atoms with Gasteiger partial charge in [0.1, 0.15) is 5.41 Å². The Morgan fingerprint density at radius 3 is 2.89 bits per heavy atom. The average molecular weight is 310 g/mol. The number of nitrogens with zero attached hydrogens (tertiary/aromatic N) is 1. The Labute approximate surface area is 116 Å². The number of halogens is 1. The van der Waals surface area contributed by atoms with Gasteiger partial charge in [0, 0.05) is 11.1 Å². The summed E-state index contributed by atoms with van der Waals surface area (Å²) in [4.78, 5) is 0. The van der Waals surface area contributed by atoms with Crippen molar-refractivity contribution in [2.45, 2.75) is 25.9 Å². The largest absolute Gasteiger partial charge is 0.387 e. The van der Waals surface area contributed by atoms with Crippen molar-refractivity contribution in [3.63, 3.8) is 0 Å². The van der Waals surface area contributed by atoms with Crippen molar-refractivity contribution in [3.05, 3.63) is 33.8 Å². The van der Waals surface area contributed by atoms with Crippen molar-refractivity contribution in [2.75, 3.05) is 13.2 Å². The molecule has 1 saturated heterocycles. The van der Waals surface area contributed by atoms with Crippen LogP contribution in [0.2, 0.25) is 0 Å². The molecule has 0 aromatic heterocycles. The minimum atomic E-state index is -0.807. The number of benzene rings is 1. The molecule has 18 heavy (non-hydrogen) atoms. The molecule has 0 bridgehead atoms. The lowest BCUT2D eigenvalue weighted by Gasteiger charge is -2.35. The summed E-state index contributed by atoms with van der Waals surface area (Å²) in [6.45, 7) is 2.95. The van der Waals surface area contributed by atoms with Crippen LogP contribution < -0.4 is 0 Å². The van der Waals surface area contributed by atoms with Crippen molar-refractivity contribution in [3.8, 4) is 6.07 Å². The van der Waals surface area contributed by atoms with E-state index in [0.717, 1.165) is 22.0 Å². The third kappa shape index (κ3) is 2.44. The zero-order valence-electron chi connectivity index (χ0n) is 10.3. The van der Waals surface area contributed by atoms with Crippen LogP contribution in [0.4, 0.5) is 0 Å². The number of hydrogen-bond donors (Lipinski definition) is 1. The van der Waals surface area contributed by atoms with Crippen LogP contribution in [0.1, 0.15) is 30.1 Å². The van der Waals surface area contributed by atoms with Gasteiger partial charge in [-0.15, -0.1) is 0 Å². The first-order chi connectivity index (χ1) is 8.59. The van der Waals surface area contributed by atoms with Gasteiger partial charge in [0.15, 0.2) is 0 Å². The number of hydrogen-bond acceptors (Lipinski definition) is 3. The van der Waals surface area contributed by atoms with Crippen LogP contribution in [0.3, 0.4) is 0 Å². The van der Waals surface area contributed by atoms with Crippen molar-refractivity contribution in [1.82, 2.24) is 0 Å². The molecule has 1 aliphatic heterocycles. The lowest BCUT2D eigenvalue weighted by molar-refractivity contribution is -0.0506. The smallest absolute Gasteiger partial charge is 0.111 e. The fourth-order valence-corrected chi connectivity index (χ4v) is 2.58. The SMILES string of the molecule is Cc1cc(C(O)C2(C#N)CCCOC2)ccc1Br. The van der Waals surface area contributed by atoms with Gasteiger partial charge in [-0.25, -0.2) is 0 Å². The predicted molar refractivity (Wildman–Crippen MR) is 71.9 cm³/mol. The Morgan fingerprint density at radius 2 is 2.33 bits per heavy atom. The number of aliphatic hydroxyl groups is 1. The van der Waals surface area contributed by atoms with Crippen LogP contribution in [-0.2, 0) is 4.74 Å².